The van der Waals surface area contributed by atoms with E-state index in [1.165, 1.54) is 12.5 Å². The van der Waals surface area contributed by atoms with Crippen molar-refractivity contribution in [3.63, 3.8) is 0 Å². The Morgan fingerprint density at radius 1 is 1.14 bits per heavy atom. The monoisotopic (exact) mass is 393 g/mol. The van der Waals surface area contributed by atoms with Crippen molar-refractivity contribution in [1.29, 1.82) is 0 Å². The highest BCUT2D eigenvalue weighted by molar-refractivity contribution is 6.00. The highest BCUT2D eigenvalue weighted by atomic mass is 19.4. The van der Waals surface area contributed by atoms with E-state index in [0.717, 1.165) is 30.9 Å². The maximum Gasteiger partial charge on any atom is 0.417 e. The summed E-state index contributed by atoms with van der Waals surface area (Å²) in [4.78, 5) is 36.2. The lowest BCUT2D eigenvalue weighted by Crippen LogP contribution is -2.30. The fourth-order valence-corrected chi connectivity index (χ4v) is 3.21. The van der Waals surface area contributed by atoms with Gasteiger partial charge >= 0.3 is 12.1 Å². The molecule has 0 N–H and O–H groups in total. The van der Waals surface area contributed by atoms with Crippen LogP contribution < -0.4 is 5.56 Å². The molecular weight excluding hydrogens is 375 g/mol. The van der Waals surface area contributed by atoms with Crippen LogP contribution in [0.3, 0.4) is 0 Å². The number of pyridine rings is 1. The normalized spacial score (nSPS) is 14.4. The molecule has 3 rings (SSSR count). The second kappa shape index (κ2) is 7.61. The van der Waals surface area contributed by atoms with Crippen LogP contribution in [0.5, 0.6) is 0 Å². The molecule has 1 aromatic carbocycles. The van der Waals surface area contributed by atoms with Gasteiger partial charge in [-0.15, -0.1) is 0 Å². The number of hydrogen-bond acceptors (Lipinski definition) is 4. The van der Waals surface area contributed by atoms with Gasteiger partial charge in [0, 0.05) is 17.8 Å². The topological polar surface area (TPSA) is 65.4 Å². The van der Waals surface area contributed by atoms with E-state index < -0.39 is 41.7 Å². The number of esters is 1. The standard InChI is InChI=1S/C20H18F3NO4/c1-12(19(27)15-6-5-13-3-2-4-14(13)9-15)28-18(26)11-24-10-16(20(21,22)23)7-8-17(24)25/h5-10,12H,2-4,11H2,1H3. The van der Waals surface area contributed by atoms with Gasteiger partial charge in [-0.1, -0.05) is 12.1 Å². The van der Waals surface area contributed by atoms with E-state index >= 15 is 0 Å². The molecule has 1 aromatic heterocycles. The number of hydrogen-bond donors (Lipinski definition) is 0. The zero-order valence-electron chi connectivity index (χ0n) is 15.1. The van der Waals surface area contributed by atoms with Gasteiger partial charge in [0.25, 0.3) is 5.56 Å². The lowest BCUT2D eigenvalue weighted by Gasteiger charge is -2.14. The van der Waals surface area contributed by atoms with Crippen LogP contribution in [0, 0.1) is 0 Å². The van der Waals surface area contributed by atoms with E-state index in [1.54, 1.807) is 12.1 Å². The highest BCUT2D eigenvalue weighted by Crippen LogP contribution is 2.28. The Kier molecular flexibility index (Phi) is 5.40. The molecule has 0 fully saturated rings. The van der Waals surface area contributed by atoms with Gasteiger partial charge in [-0.2, -0.15) is 13.2 Å². The van der Waals surface area contributed by atoms with Gasteiger partial charge in [-0.3, -0.25) is 14.4 Å². The van der Waals surface area contributed by atoms with Crippen molar-refractivity contribution in [2.24, 2.45) is 0 Å². The Hall–Kier alpha value is -2.90. The molecule has 1 aliphatic rings. The van der Waals surface area contributed by atoms with E-state index in [4.69, 9.17) is 4.74 Å². The molecule has 0 saturated heterocycles. The first-order valence-electron chi connectivity index (χ1n) is 8.78. The lowest BCUT2D eigenvalue weighted by atomic mass is 10.0. The molecule has 5 nitrogen and oxygen atoms in total. The maximum atomic E-state index is 12.8. The number of Topliss-reactive ketones (excluding diaryl/α,β-unsaturated/α-hetero) is 1. The third kappa shape index (κ3) is 4.32. The number of nitrogens with zero attached hydrogens (tertiary/aromatic N) is 1. The summed E-state index contributed by atoms with van der Waals surface area (Å²) >= 11 is 0. The van der Waals surface area contributed by atoms with Crippen LogP contribution in [-0.4, -0.2) is 22.4 Å². The van der Waals surface area contributed by atoms with Gasteiger partial charge in [0.1, 0.15) is 6.54 Å². The molecule has 0 amide bonds. The van der Waals surface area contributed by atoms with Crippen molar-refractivity contribution >= 4 is 11.8 Å². The maximum absolute atomic E-state index is 12.8. The average molecular weight is 393 g/mol. The Morgan fingerprint density at radius 2 is 1.86 bits per heavy atom. The van der Waals surface area contributed by atoms with Gasteiger partial charge in [0.05, 0.1) is 5.56 Å². The molecule has 1 atom stereocenters. The lowest BCUT2D eigenvalue weighted by molar-refractivity contribution is -0.147. The van der Waals surface area contributed by atoms with E-state index in [0.29, 0.717) is 22.4 Å². The first-order valence-corrected chi connectivity index (χ1v) is 8.78. The fraction of sp³-hybridized carbons (Fsp3) is 0.350. The molecule has 0 aliphatic heterocycles. The van der Waals surface area contributed by atoms with Gasteiger partial charge in [-0.25, -0.2) is 0 Å². The molecule has 28 heavy (non-hydrogen) atoms. The number of aryl methyl sites for hydroxylation is 2. The van der Waals surface area contributed by atoms with E-state index in [9.17, 15) is 27.6 Å². The van der Waals surface area contributed by atoms with Crippen LogP contribution in [0.2, 0.25) is 0 Å². The molecule has 148 valence electrons. The first kappa shape index (κ1) is 19.9. The SMILES string of the molecule is CC(OC(=O)Cn1cc(C(F)(F)F)ccc1=O)C(=O)c1ccc2c(c1)CCC2. The molecule has 1 aliphatic carbocycles. The highest BCUT2D eigenvalue weighted by Gasteiger charge is 2.31. The number of ketones is 1. The second-order valence-corrected chi connectivity index (χ2v) is 6.72. The minimum atomic E-state index is -4.64. The molecule has 0 bridgehead atoms. The molecule has 0 saturated carbocycles. The quantitative estimate of drug-likeness (QED) is 0.578. The summed E-state index contributed by atoms with van der Waals surface area (Å²) in [5, 5.41) is 0. The summed E-state index contributed by atoms with van der Waals surface area (Å²) in [7, 11) is 0. The Bertz CT molecular complexity index is 978. The summed E-state index contributed by atoms with van der Waals surface area (Å²) < 4.78 is 43.9. The number of rotatable bonds is 5. The second-order valence-electron chi connectivity index (χ2n) is 6.72. The number of carbonyl (C=O) groups excluding carboxylic acids is 2. The summed E-state index contributed by atoms with van der Waals surface area (Å²) in [5.41, 5.74) is 0.881. The van der Waals surface area contributed by atoms with Crippen LogP contribution in [0.1, 0.15) is 40.4 Å². The van der Waals surface area contributed by atoms with Crippen molar-refractivity contribution in [1.82, 2.24) is 4.57 Å². The summed E-state index contributed by atoms with van der Waals surface area (Å²) in [6.07, 6.45) is -2.31. The van der Waals surface area contributed by atoms with Crippen molar-refractivity contribution in [2.45, 2.75) is 45.0 Å². The van der Waals surface area contributed by atoms with E-state index in [-0.39, 0.29) is 0 Å². The van der Waals surface area contributed by atoms with Gasteiger partial charge in [0.2, 0.25) is 5.78 Å². The Morgan fingerprint density at radius 3 is 2.57 bits per heavy atom. The number of fused-ring (bicyclic) bond motifs is 1. The zero-order chi connectivity index (χ0) is 20.5. The Labute approximate surface area is 158 Å². The third-order valence-corrected chi connectivity index (χ3v) is 4.67. The van der Waals surface area contributed by atoms with Gasteiger partial charge in [0.15, 0.2) is 6.10 Å². The average Bonchev–Trinajstić information content (AvgIpc) is 3.09. The van der Waals surface area contributed by atoms with Crippen molar-refractivity contribution in [3.8, 4) is 0 Å². The van der Waals surface area contributed by atoms with Crippen LogP contribution in [0.4, 0.5) is 13.2 Å². The molecule has 1 unspecified atom stereocenters. The van der Waals surface area contributed by atoms with Crippen LogP contribution in [0.25, 0.3) is 0 Å². The van der Waals surface area contributed by atoms with Crippen molar-refractivity contribution < 1.29 is 27.5 Å². The van der Waals surface area contributed by atoms with Crippen molar-refractivity contribution in [3.05, 3.63) is 69.1 Å². The third-order valence-electron chi connectivity index (χ3n) is 4.67. The van der Waals surface area contributed by atoms with Crippen molar-refractivity contribution in [2.75, 3.05) is 0 Å². The van der Waals surface area contributed by atoms with Gasteiger partial charge in [-0.05, 0) is 49.4 Å². The summed E-state index contributed by atoms with van der Waals surface area (Å²) in [5.74, 6) is -1.37. The number of ether oxygens (including phenoxy) is 1. The number of aromatic nitrogens is 1. The molecule has 0 radical (unpaired) electrons. The molecule has 2 aromatic rings. The minimum absolute atomic E-state index is 0.403. The number of halogens is 3. The molecule has 8 heteroatoms. The van der Waals surface area contributed by atoms with Gasteiger partial charge < -0.3 is 9.30 Å². The van der Waals surface area contributed by atoms with E-state index in [2.05, 4.69) is 0 Å². The van der Waals surface area contributed by atoms with E-state index in [1.807, 2.05) is 6.07 Å². The molecular formula is C20H18F3NO4. The smallest absolute Gasteiger partial charge is 0.417 e. The minimum Gasteiger partial charge on any atom is -0.453 e. The van der Waals surface area contributed by atoms with Crippen LogP contribution in [-0.2, 0) is 35.1 Å². The largest absolute Gasteiger partial charge is 0.453 e. The number of alkyl halides is 3. The summed E-state index contributed by atoms with van der Waals surface area (Å²) in [6.45, 7) is 0.674. The predicted molar refractivity (Wildman–Crippen MR) is 94.1 cm³/mol. The fourth-order valence-electron chi connectivity index (χ4n) is 3.21. The number of carbonyl (C=O) groups is 2. The summed E-state index contributed by atoms with van der Waals surface area (Å²) in [6, 6.07) is 6.71. The molecule has 1 heterocycles. The number of benzene rings is 1. The first-order chi connectivity index (χ1) is 13.1. The van der Waals surface area contributed by atoms with Crippen LogP contribution in [0.15, 0.2) is 41.3 Å². The predicted octanol–water partition coefficient (Wildman–Crippen LogP) is 3.17. The Balaban J connectivity index is 1.68. The van der Waals surface area contributed by atoms with Crippen LogP contribution >= 0.6 is 0 Å². The zero-order valence-corrected chi connectivity index (χ0v) is 15.1. The molecule has 0 spiro atoms.